The first-order chi connectivity index (χ1) is 69.1. The first kappa shape index (κ1) is 140. The van der Waals surface area contributed by atoms with E-state index in [1.54, 1.807) is 23.3 Å². The molecule has 5 rings (SSSR count). The van der Waals surface area contributed by atoms with Crippen LogP contribution in [0.5, 0.6) is 0 Å². The van der Waals surface area contributed by atoms with Crippen LogP contribution in [0.25, 0.3) is 34.7 Å². The summed E-state index contributed by atoms with van der Waals surface area (Å²) in [6, 6.07) is 19.5. The van der Waals surface area contributed by atoms with Crippen molar-refractivity contribution < 1.29 is 283 Å². The van der Waals surface area contributed by atoms with E-state index in [0.717, 1.165) is 33.9 Å². The average molecular weight is 2170 g/mol. The van der Waals surface area contributed by atoms with Crippen molar-refractivity contribution in [3.05, 3.63) is 131 Å². The van der Waals surface area contributed by atoms with Gasteiger partial charge in [-0.2, -0.15) is 0 Å². The number of aliphatic hydroxyl groups is 2. The first-order valence-electron chi connectivity index (χ1n) is 42.9. The number of anilines is 2. The largest absolute Gasteiger partial charge is 1.00 e. The molecule has 0 amide bonds. The normalized spacial score (nSPS) is 12.2. The van der Waals surface area contributed by atoms with Crippen LogP contribution < -0.4 is 119 Å². The number of phosphoric acid groups is 3. The number of benzene rings is 2. The van der Waals surface area contributed by atoms with Gasteiger partial charge in [-0.15, -0.1) is 17.9 Å². The van der Waals surface area contributed by atoms with Gasteiger partial charge in [-0.05, 0) is 97.3 Å². The van der Waals surface area contributed by atoms with E-state index < -0.39 is 110 Å². The molecule has 146 heavy (non-hydrogen) atoms. The second-order valence-electron chi connectivity index (χ2n) is 27.1. The van der Waals surface area contributed by atoms with Gasteiger partial charge in [0.1, 0.15) is 64.6 Å². The van der Waals surface area contributed by atoms with Gasteiger partial charge >= 0.3 is 124 Å². The number of terminal acetylenes is 2. The van der Waals surface area contributed by atoms with Crippen molar-refractivity contribution in [1.29, 1.82) is 0 Å². The molecule has 3 heterocycles. The molecule has 54 nitrogen and oxygen atoms in total. The zero-order valence-electron chi connectivity index (χ0n) is 80.6. The number of nitrogens with two attached hydrogens (primary N) is 1. The number of ether oxygens (including phenoxy) is 15. The van der Waals surface area contributed by atoms with E-state index in [0.29, 0.717) is 71.0 Å². The Morgan fingerprint density at radius 3 is 1.19 bits per heavy atom. The predicted octanol–water partition coefficient (Wildman–Crippen LogP) is -6.12. The van der Waals surface area contributed by atoms with E-state index >= 15 is 0 Å². The number of hydrogen-bond acceptors (Lipinski definition) is 51. The van der Waals surface area contributed by atoms with Crippen LogP contribution in [0.3, 0.4) is 0 Å². The van der Waals surface area contributed by atoms with Gasteiger partial charge in [0.15, 0.2) is 31.5 Å². The van der Waals surface area contributed by atoms with Gasteiger partial charge < -0.3 is 139 Å². The molecule has 0 radical (unpaired) electrons. The van der Waals surface area contributed by atoms with Crippen LogP contribution in [-0.2, 0) is 178 Å². The second kappa shape index (κ2) is 93.8. The van der Waals surface area contributed by atoms with Crippen molar-refractivity contribution in [2.24, 2.45) is 10.8 Å². The van der Waals surface area contributed by atoms with E-state index in [9.17, 15) is 91.0 Å². The van der Waals surface area contributed by atoms with E-state index in [2.05, 4.69) is 117 Å². The smallest absolute Gasteiger partial charge is 0.756 e. The number of rotatable bonds is 78. The van der Waals surface area contributed by atoms with Crippen molar-refractivity contribution in [2.45, 2.75) is 95.7 Å². The molecule has 0 fully saturated rings. The number of nitrogens with zero attached hydrogens (tertiary/aromatic N) is 12. The average Bonchev–Trinajstić information content (AvgIpc) is 1.44. The minimum Gasteiger partial charge on any atom is -0.756 e. The maximum Gasteiger partial charge on any atom is 1.00 e. The number of hydrogen-bond donors (Lipinski definition) is 3. The number of carbonyl (C=O) groups excluding carboxylic acids is 12. The van der Waals surface area contributed by atoms with Crippen LogP contribution >= 0.6 is 35.1 Å². The summed E-state index contributed by atoms with van der Waals surface area (Å²) in [7, 11) is -14.2. The van der Waals surface area contributed by atoms with Gasteiger partial charge in [0, 0.05) is 125 Å². The van der Waals surface area contributed by atoms with Crippen LogP contribution in [0.2, 0.25) is 0 Å². The molecule has 790 valence electrons. The molecule has 3 aromatic heterocycles. The summed E-state index contributed by atoms with van der Waals surface area (Å²) in [5, 5.41) is 30.5. The predicted molar refractivity (Wildman–Crippen MR) is 491 cm³/mol. The Morgan fingerprint density at radius 1 is 0.479 bits per heavy atom. The summed E-state index contributed by atoms with van der Waals surface area (Å²) >= 11 is 4.70. The molecule has 0 saturated carbocycles. The standard InChI is InChI=1S/C34H45N6O14P.C18H27O13P.C16H18N6O.C13H24NO11P.C4H3ClO2.3Na/c41-16-15-39(31-9-6-28(7-10-31)5-8-29-11-12-35-25-36-29)13-14-40-21-30(37-38-40)22-51-34(45)3-1-17-48-19-20-50-33(44)4-2-18-53-55(46,47)54-24-32(52-27-43)23-49-26-42;1-2-7-27-17(21)5-3-8-25-10-11-28-18(22)6-4-9-30-32(23,24)31-13-16(29-15-20)12-26-14-19;17-21-20-9-10-22(11-12-23)16-5-2-14(3-6-16)1-4-15-7-8-18-13-19-15;14-3-5-20-6-7-22-13(17)2-1-4-24-26(18,19)25-9-12(23-11-16)8-21-10-15;1-2-3-7-4(5)6;;;/h5-12,21,25-27,32,41H,1-4,13-20,22-24H2,(H,46,47);1,14-16H,3-13H2,(H,23,24);1-8,13,23H,9-12H2;10-12H,1-9,14H2,(H,18,19);1H,3H2;;;/q;;;;;3*+1/p-3/b8-5+;;4-1+;;;;;. The van der Waals surface area contributed by atoms with Gasteiger partial charge in [-0.25, -0.2) is 24.7 Å². The van der Waals surface area contributed by atoms with Gasteiger partial charge in [0.2, 0.25) is 0 Å². The second-order valence-corrected chi connectivity index (χ2v) is 31.6. The fourth-order valence-corrected chi connectivity index (χ4v) is 12.3. The summed E-state index contributed by atoms with van der Waals surface area (Å²) < 4.78 is 135. The minimum absolute atomic E-state index is 0. The number of aromatic nitrogens is 7. The summed E-state index contributed by atoms with van der Waals surface area (Å²) in [5.74, 6) is 1.68. The fraction of sp³-hybridized carbons (Fsp3) is 0.506. The Bertz CT molecular complexity index is 4750. The van der Waals surface area contributed by atoms with E-state index in [-0.39, 0.29) is 291 Å². The molecule has 6 atom stereocenters. The number of azide groups is 1. The summed E-state index contributed by atoms with van der Waals surface area (Å²) in [4.78, 5) is 187. The quantitative estimate of drug-likeness (QED) is 0.00279. The third kappa shape index (κ3) is 80.4. The SMILES string of the molecule is C#CCOC(=O)CCCOCCOC(=O)CCCOP(=O)([O-])OCC(COC=O)OC=O.C#CCOC(=O)Cl.NCCOCCOC(=O)CCCOP(=O)([O-])OCC(COC=O)OC=O.O=COCC(COP(=O)([O-])OCCCC(=O)OCCOCCCC(=O)OCc1cn(CCN(CCO)c2ccc(/C=C/c3ccncn3)cc2)nn1)OC=O.[N-]=[N+]=NCCN(CCO)c1ccc(/C=C/c2ccncn2)cc1.[Na+].[Na+].[Na+]. The molecule has 0 bridgehead atoms. The van der Waals surface area contributed by atoms with Crippen LogP contribution in [0, 0.1) is 24.7 Å². The topological polar surface area (TPSA) is 723 Å². The maximum atomic E-state index is 12.2. The zero-order valence-corrected chi connectivity index (χ0v) is 90.0. The Morgan fingerprint density at radius 2 is 0.849 bits per heavy atom. The van der Waals surface area contributed by atoms with E-state index in [4.69, 9.17) is 74.0 Å². The van der Waals surface area contributed by atoms with Crippen LogP contribution in [0.4, 0.5) is 16.2 Å². The molecular weight excluding hydrogens is 2060 g/mol. The molecular formula is C85H114ClN13Na3O41P3. The van der Waals surface area contributed by atoms with Crippen molar-refractivity contribution in [3.8, 4) is 24.7 Å². The van der Waals surface area contributed by atoms with Gasteiger partial charge in [-0.3, -0.25) is 71.1 Å². The molecule has 61 heteroatoms. The molecule has 6 unspecified atom stereocenters. The number of carbonyl (C=O) groups is 12. The molecule has 4 N–H and O–H groups in total. The molecule has 0 aliphatic rings. The molecule has 2 aromatic carbocycles. The van der Waals surface area contributed by atoms with Gasteiger partial charge in [0.25, 0.3) is 62.3 Å². The third-order valence-corrected chi connectivity index (χ3v) is 19.5. The number of halogens is 1. The van der Waals surface area contributed by atoms with Gasteiger partial charge in [0.05, 0.1) is 103 Å². The van der Waals surface area contributed by atoms with Gasteiger partial charge in [-0.1, -0.05) is 58.6 Å². The summed E-state index contributed by atoms with van der Waals surface area (Å²) in [5.41, 5.74) is 18.8. The van der Waals surface area contributed by atoms with Crippen molar-refractivity contribution in [3.63, 3.8) is 0 Å². The monoisotopic (exact) mass is 2170 g/mol. The Labute approximate surface area is 911 Å². The number of phosphoric ester groups is 3. The molecule has 0 spiro atoms. The van der Waals surface area contributed by atoms with E-state index in [1.165, 1.54) is 12.7 Å². The molecule has 0 aliphatic carbocycles. The van der Waals surface area contributed by atoms with Crippen LogP contribution in [0.15, 0.2) is 97.0 Å². The third-order valence-electron chi connectivity index (χ3n) is 16.5. The Hall–Kier alpha value is -9.73. The Kier molecular flexibility index (Phi) is 90.2. The van der Waals surface area contributed by atoms with Crippen LogP contribution in [0.1, 0.15) is 92.4 Å². The molecule has 5 aromatic rings. The summed E-state index contributed by atoms with van der Waals surface area (Å²) in [6.07, 6.45) is 23.0. The summed E-state index contributed by atoms with van der Waals surface area (Å²) in [6.45, 7) is 0.927. The number of aliphatic hydroxyl groups excluding tert-OH is 2. The van der Waals surface area contributed by atoms with Crippen LogP contribution in [-0.4, -0.2) is 322 Å². The minimum atomic E-state index is -4.76. The van der Waals surface area contributed by atoms with Crippen molar-refractivity contribution in [2.75, 3.05) is 194 Å². The number of esters is 5. The zero-order chi connectivity index (χ0) is 105. The Balaban J connectivity index is -0.00000192. The van der Waals surface area contributed by atoms with Crippen molar-refractivity contribution >= 4 is 145 Å². The molecule has 0 saturated heterocycles. The fourth-order valence-electron chi connectivity index (χ4n) is 9.96. The molecule has 0 aliphatic heterocycles. The van der Waals surface area contributed by atoms with E-state index in [1.807, 2.05) is 94.8 Å². The first-order valence-corrected chi connectivity index (χ1v) is 47.7. The maximum absolute atomic E-state index is 12.2. The van der Waals surface area contributed by atoms with Crippen molar-refractivity contribution in [1.82, 2.24) is 34.9 Å².